The van der Waals surface area contributed by atoms with Crippen molar-refractivity contribution in [2.45, 2.75) is 39.5 Å². The Balaban J connectivity index is 0.000000257. The number of ether oxygens (including phenoxy) is 2. The molecule has 0 atom stereocenters. The molecular formula is C32H36BBrF2N4O6. The molecule has 0 bridgehead atoms. The number of nitrogens with zero attached hydrogens (tertiary/aromatic N) is 2. The second-order valence-corrected chi connectivity index (χ2v) is 11.3. The molecule has 0 aliphatic rings. The molecule has 0 amide bonds. The van der Waals surface area contributed by atoms with Crippen molar-refractivity contribution in [2.24, 2.45) is 0 Å². The fourth-order valence-electron chi connectivity index (χ4n) is 4.13. The number of hydrogen-bond acceptors (Lipinski definition) is 10. The summed E-state index contributed by atoms with van der Waals surface area (Å²) >= 11 is 3.33. The number of benzene rings is 2. The highest BCUT2D eigenvalue weighted by molar-refractivity contribution is 9.10. The van der Waals surface area contributed by atoms with Crippen LogP contribution < -0.4 is 16.9 Å². The van der Waals surface area contributed by atoms with E-state index in [0.717, 1.165) is 21.7 Å². The Morgan fingerprint density at radius 1 is 0.783 bits per heavy atom. The Hall–Kier alpha value is -4.40. The molecule has 6 N–H and O–H groups in total. The molecule has 4 rings (SSSR count). The molecule has 0 radical (unpaired) electrons. The third-order valence-electron chi connectivity index (χ3n) is 6.55. The molecule has 10 nitrogen and oxygen atoms in total. The second kappa shape index (κ2) is 17.3. The first-order valence-corrected chi connectivity index (χ1v) is 14.7. The van der Waals surface area contributed by atoms with Crippen LogP contribution in [0.5, 0.6) is 0 Å². The largest absolute Gasteiger partial charge is 0.488 e. The molecule has 46 heavy (non-hydrogen) atoms. The van der Waals surface area contributed by atoms with Crippen molar-refractivity contribution >= 4 is 51.8 Å². The summed E-state index contributed by atoms with van der Waals surface area (Å²) in [6.07, 6.45) is 2.54. The topological polar surface area (TPSA) is 171 Å². The number of aromatic nitrogens is 2. The van der Waals surface area contributed by atoms with Gasteiger partial charge < -0.3 is 31.0 Å². The Morgan fingerprint density at radius 2 is 1.26 bits per heavy atom. The number of nitrogens with two attached hydrogens (primary N) is 2. The van der Waals surface area contributed by atoms with E-state index >= 15 is 0 Å². The maximum atomic E-state index is 13.3. The van der Waals surface area contributed by atoms with E-state index in [9.17, 15) is 18.4 Å². The van der Waals surface area contributed by atoms with Gasteiger partial charge in [0.2, 0.25) is 11.9 Å². The van der Waals surface area contributed by atoms with Crippen LogP contribution in [0, 0.1) is 11.9 Å². The summed E-state index contributed by atoms with van der Waals surface area (Å²) in [5, 5.41) is 17.0. The van der Waals surface area contributed by atoms with Crippen molar-refractivity contribution in [3.63, 3.8) is 0 Å². The highest BCUT2D eigenvalue weighted by atomic mass is 79.9. The van der Waals surface area contributed by atoms with E-state index in [2.05, 4.69) is 30.6 Å². The average molecular weight is 701 g/mol. The lowest BCUT2D eigenvalue weighted by atomic mass is 9.81. The second-order valence-electron chi connectivity index (χ2n) is 10.4. The van der Waals surface area contributed by atoms with Gasteiger partial charge in [0, 0.05) is 39.9 Å². The summed E-state index contributed by atoms with van der Waals surface area (Å²) in [7, 11) is 1.05. The molecule has 2 aromatic carbocycles. The van der Waals surface area contributed by atoms with E-state index < -0.39 is 25.0 Å². The Labute approximate surface area is 275 Å². The zero-order valence-electron chi connectivity index (χ0n) is 26.2. The zero-order valence-corrected chi connectivity index (χ0v) is 27.8. The SMILES string of the molecule is COC(=O)c1cc(-c2ccnc(F)c2)c(N)c(C(C)C)c1.COC(=O)c1cc(Br)c(N)c(C(C)C)c1.OB(O)c1ccnc(F)c1. The van der Waals surface area contributed by atoms with Gasteiger partial charge in [0.15, 0.2) is 0 Å². The van der Waals surface area contributed by atoms with Crippen LogP contribution in [-0.2, 0) is 9.47 Å². The van der Waals surface area contributed by atoms with Gasteiger partial charge in [-0.05, 0) is 92.4 Å². The standard InChI is InChI=1S/C16H17FN2O2.C11H14BrNO2.C5H5BFNO2/c1-9(2)12-6-11(16(20)21-3)7-13(15(12)18)10-4-5-19-14(17)8-10;1-6(2)8-4-7(11(14)15-3)5-9(12)10(8)13;7-5-3-4(6(9)10)1-2-8-5/h4-9H,18H2,1-3H3;4-6H,13H2,1-3H3;1-3,9-10H. The lowest BCUT2D eigenvalue weighted by molar-refractivity contribution is 0.0591. The number of anilines is 2. The number of halogens is 3. The Bertz CT molecular complexity index is 1670. The summed E-state index contributed by atoms with van der Waals surface area (Å²) in [5.74, 6) is -1.72. The van der Waals surface area contributed by atoms with Crippen LogP contribution in [0.4, 0.5) is 20.2 Å². The minimum absolute atomic E-state index is 0.104. The van der Waals surface area contributed by atoms with Gasteiger partial charge >= 0.3 is 19.1 Å². The molecule has 0 saturated carbocycles. The first kappa shape index (κ1) is 37.8. The quantitative estimate of drug-likeness (QED) is 0.0905. The molecule has 0 unspecified atom stereocenters. The van der Waals surface area contributed by atoms with Gasteiger partial charge in [0.05, 0.1) is 25.3 Å². The van der Waals surface area contributed by atoms with E-state index in [1.54, 1.807) is 30.3 Å². The summed E-state index contributed by atoms with van der Waals surface area (Å²) in [6, 6.07) is 12.0. The van der Waals surface area contributed by atoms with E-state index in [-0.39, 0.29) is 23.3 Å². The number of hydrogen-bond donors (Lipinski definition) is 4. The number of nitrogen functional groups attached to an aromatic ring is 2. The highest BCUT2D eigenvalue weighted by Gasteiger charge is 2.17. The molecule has 0 fully saturated rings. The lowest BCUT2D eigenvalue weighted by Crippen LogP contribution is -2.30. The molecule has 4 aromatic rings. The summed E-state index contributed by atoms with van der Waals surface area (Å²) in [5.41, 5.74) is 17.2. The molecule has 0 aliphatic carbocycles. The molecule has 14 heteroatoms. The number of carbonyl (C=O) groups excluding carboxylic acids is 2. The van der Waals surface area contributed by atoms with Gasteiger partial charge in [0.25, 0.3) is 0 Å². The zero-order chi connectivity index (χ0) is 34.7. The summed E-state index contributed by atoms with van der Waals surface area (Å²) in [4.78, 5) is 29.9. The number of carbonyl (C=O) groups is 2. The van der Waals surface area contributed by atoms with Crippen molar-refractivity contribution in [1.82, 2.24) is 9.97 Å². The molecule has 0 saturated heterocycles. The molecule has 0 spiro atoms. The van der Waals surface area contributed by atoms with Gasteiger partial charge in [-0.2, -0.15) is 8.78 Å². The van der Waals surface area contributed by atoms with Crippen LogP contribution >= 0.6 is 15.9 Å². The van der Waals surface area contributed by atoms with E-state index in [0.29, 0.717) is 33.6 Å². The normalized spacial score (nSPS) is 10.4. The number of pyridine rings is 2. The summed E-state index contributed by atoms with van der Waals surface area (Å²) in [6.45, 7) is 8.01. The van der Waals surface area contributed by atoms with Gasteiger partial charge in [-0.1, -0.05) is 27.7 Å². The third-order valence-corrected chi connectivity index (χ3v) is 7.20. The van der Waals surface area contributed by atoms with Crippen LogP contribution in [0.15, 0.2) is 65.4 Å². The minimum atomic E-state index is -1.63. The maximum Gasteiger partial charge on any atom is 0.488 e. The highest BCUT2D eigenvalue weighted by Crippen LogP contribution is 2.34. The van der Waals surface area contributed by atoms with Gasteiger partial charge in [-0.15, -0.1) is 0 Å². The third kappa shape index (κ3) is 10.3. The molecular weight excluding hydrogens is 665 g/mol. The fourth-order valence-corrected chi connectivity index (χ4v) is 4.60. The maximum absolute atomic E-state index is 13.3. The van der Waals surface area contributed by atoms with E-state index in [1.165, 1.54) is 38.7 Å². The lowest BCUT2D eigenvalue weighted by Gasteiger charge is -2.16. The monoisotopic (exact) mass is 700 g/mol. The molecule has 2 aromatic heterocycles. The summed E-state index contributed by atoms with van der Waals surface area (Å²) < 4.78 is 35.7. The van der Waals surface area contributed by atoms with E-state index in [1.807, 2.05) is 27.7 Å². The predicted octanol–water partition coefficient (Wildman–Crippen LogP) is 5.22. The molecule has 244 valence electrons. The average Bonchev–Trinajstić information content (AvgIpc) is 3.01. The van der Waals surface area contributed by atoms with Gasteiger partial charge in [-0.3, -0.25) is 0 Å². The first-order chi connectivity index (χ1) is 21.6. The number of methoxy groups -OCH3 is 2. The Kier molecular flexibility index (Phi) is 14.2. The van der Waals surface area contributed by atoms with Crippen LogP contribution in [0.3, 0.4) is 0 Å². The number of rotatable bonds is 6. The Morgan fingerprint density at radius 3 is 1.70 bits per heavy atom. The van der Waals surface area contributed by atoms with Crippen molar-refractivity contribution < 1.29 is 37.9 Å². The van der Waals surface area contributed by atoms with Crippen molar-refractivity contribution in [3.8, 4) is 11.1 Å². The van der Waals surface area contributed by atoms with Crippen molar-refractivity contribution in [3.05, 3.63) is 99.5 Å². The van der Waals surface area contributed by atoms with Crippen molar-refractivity contribution in [2.75, 3.05) is 25.7 Å². The smallest absolute Gasteiger partial charge is 0.465 e. The van der Waals surface area contributed by atoms with Crippen LogP contribution in [-0.4, -0.2) is 53.3 Å². The van der Waals surface area contributed by atoms with Crippen LogP contribution in [0.1, 0.15) is 71.4 Å². The van der Waals surface area contributed by atoms with E-state index in [4.69, 9.17) is 26.3 Å². The fraction of sp³-hybridized carbons (Fsp3) is 0.250. The van der Waals surface area contributed by atoms with Gasteiger partial charge in [0.1, 0.15) is 0 Å². The van der Waals surface area contributed by atoms with Crippen molar-refractivity contribution in [1.29, 1.82) is 0 Å². The van der Waals surface area contributed by atoms with Crippen LogP contribution in [0.25, 0.3) is 11.1 Å². The minimum Gasteiger partial charge on any atom is -0.465 e. The molecule has 0 aliphatic heterocycles. The van der Waals surface area contributed by atoms with Gasteiger partial charge in [-0.25, -0.2) is 19.6 Å². The number of esters is 2. The molecule has 2 heterocycles. The van der Waals surface area contributed by atoms with Crippen LogP contribution in [0.2, 0.25) is 0 Å². The predicted molar refractivity (Wildman–Crippen MR) is 177 cm³/mol. The first-order valence-electron chi connectivity index (χ1n) is 13.9.